The fourth-order valence-electron chi connectivity index (χ4n) is 2.73. The molecular weight excluding hydrogens is 254 g/mol. The van der Waals surface area contributed by atoms with E-state index in [0.717, 1.165) is 30.6 Å². The van der Waals surface area contributed by atoms with Gasteiger partial charge in [0.05, 0.1) is 0 Å². The van der Waals surface area contributed by atoms with E-state index in [0.29, 0.717) is 17.0 Å². The van der Waals surface area contributed by atoms with Gasteiger partial charge in [0.2, 0.25) is 0 Å². The largest absolute Gasteiger partial charge is 0.315 e. The number of hydrogen-bond donors (Lipinski definition) is 1. The molecule has 3 heterocycles. The number of fused-ring (bicyclic) bond motifs is 2. The van der Waals surface area contributed by atoms with E-state index in [2.05, 4.69) is 20.4 Å². The van der Waals surface area contributed by atoms with Crippen LogP contribution < -0.4 is 0 Å². The number of amides is 1. The normalized spacial score (nSPS) is 21.1. The zero-order valence-corrected chi connectivity index (χ0v) is 10.8. The molecule has 4 rings (SSSR count). The Morgan fingerprint density at radius 1 is 1.30 bits per heavy atom. The maximum absolute atomic E-state index is 12.5. The van der Waals surface area contributed by atoms with Crippen LogP contribution in [0.5, 0.6) is 0 Å². The molecule has 1 amide bonds. The van der Waals surface area contributed by atoms with E-state index in [1.165, 1.54) is 0 Å². The fraction of sp³-hybridized carbons (Fsp3) is 0.286. The van der Waals surface area contributed by atoms with E-state index in [-0.39, 0.29) is 5.91 Å². The first-order valence-electron chi connectivity index (χ1n) is 6.64. The quantitative estimate of drug-likeness (QED) is 0.848. The van der Waals surface area contributed by atoms with Crippen LogP contribution in [0.3, 0.4) is 0 Å². The minimum Gasteiger partial charge on any atom is -0.315 e. The van der Waals surface area contributed by atoms with Gasteiger partial charge in [-0.15, -0.1) is 0 Å². The topological polar surface area (TPSA) is 74.2 Å². The van der Waals surface area contributed by atoms with Crippen molar-refractivity contribution in [2.75, 3.05) is 13.1 Å². The predicted molar refractivity (Wildman–Crippen MR) is 74.5 cm³/mol. The Hall–Kier alpha value is -2.50. The summed E-state index contributed by atoms with van der Waals surface area (Å²) in [5.41, 5.74) is 3.27. The lowest BCUT2D eigenvalue weighted by Gasteiger charge is -2.26. The molecule has 2 aromatic rings. The van der Waals surface area contributed by atoms with Crippen LogP contribution in [0.15, 0.2) is 35.0 Å². The van der Waals surface area contributed by atoms with Gasteiger partial charge in [-0.3, -0.25) is 9.79 Å². The summed E-state index contributed by atoms with van der Waals surface area (Å²) in [7, 11) is 0. The van der Waals surface area contributed by atoms with Gasteiger partial charge in [0, 0.05) is 37.0 Å². The minimum absolute atomic E-state index is 0.00106. The molecule has 0 saturated heterocycles. The van der Waals surface area contributed by atoms with Crippen molar-refractivity contribution in [3.63, 3.8) is 0 Å². The Kier molecular flexibility index (Phi) is 2.42. The number of carbonyl (C=O) groups excluding carboxylic acids is 1. The molecule has 6 heteroatoms. The second kappa shape index (κ2) is 4.26. The summed E-state index contributed by atoms with van der Waals surface area (Å²) >= 11 is 0. The zero-order valence-electron chi connectivity index (χ0n) is 10.8. The lowest BCUT2D eigenvalue weighted by Crippen LogP contribution is -2.32. The number of nitrogens with zero attached hydrogens (tertiary/aromatic N) is 4. The smallest absolute Gasteiger partial charge is 0.257 e. The van der Waals surface area contributed by atoms with Crippen molar-refractivity contribution in [3.8, 4) is 0 Å². The molecule has 2 aliphatic heterocycles. The molecule has 0 bridgehead atoms. The molecule has 20 heavy (non-hydrogen) atoms. The third kappa shape index (κ3) is 1.72. The van der Waals surface area contributed by atoms with E-state index in [1.54, 1.807) is 17.0 Å². The van der Waals surface area contributed by atoms with Crippen molar-refractivity contribution in [3.05, 3.63) is 35.5 Å². The van der Waals surface area contributed by atoms with Crippen LogP contribution in [0.2, 0.25) is 0 Å². The van der Waals surface area contributed by atoms with Crippen molar-refractivity contribution in [2.24, 2.45) is 10.9 Å². The van der Waals surface area contributed by atoms with E-state index in [4.69, 9.17) is 0 Å². The number of carbonyl (C=O) groups is 1. The summed E-state index contributed by atoms with van der Waals surface area (Å²) < 4.78 is 0. The van der Waals surface area contributed by atoms with Crippen LogP contribution in [-0.4, -0.2) is 45.5 Å². The lowest BCUT2D eigenvalue weighted by atomic mass is 9.96. The number of benzene rings is 1. The van der Waals surface area contributed by atoms with Crippen LogP contribution in [-0.2, 0) is 0 Å². The number of aliphatic imine (C=N–C) groups is 1. The highest BCUT2D eigenvalue weighted by atomic mass is 16.2. The highest BCUT2D eigenvalue weighted by Gasteiger charge is 2.26. The third-order valence-corrected chi connectivity index (χ3v) is 3.89. The second-order valence-corrected chi connectivity index (χ2v) is 5.13. The van der Waals surface area contributed by atoms with Gasteiger partial charge in [0.1, 0.15) is 11.0 Å². The first-order valence-corrected chi connectivity index (χ1v) is 6.64. The number of rotatable bonds is 1. The minimum atomic E-state index is 0.00106. The molecule has 0 fully saturated rings. The average molecular weight is 267 g/mol. The molecule has 100 valence electrons. The lowest BCUT2D eigenvalue weighted by molar-refractivity contribution is 0.0808. The molecule has 1 N–H and O–H groups in total. The van der Waals surface area contributed by atoms with Crippen LogP contribution >= 0.6 is 0 Å². The van der Waals surface area contributed by atoms with Crippen molar-refractivity contribution >= 4 is 23.2 Å². The van der Waals surface area contributed by atoms with E-state index >= 15 is 0 Å². The zero-order chi connectivity index (χ0) is 13.5. The maximum atomic E-state index is 12.5. The number of aromatic amines is 1. The molecule has 0 unspecified atom stereocenters. The van der Waals surface area contributed by atoms with Crippen molar-refractivity contribution in [1.82, 2.24) is 20.3 Å². The molecular formula is C14H13N5O. The van der Waals surface area contributed by atoms with Crippen molar-refractivity contribution < 1.29 is 4.79 Å². The monoisotopic (exact) mass is 267 g/mol. The highest BCUT2D eigenvalue weighted by molar-refractivity contribution is 5.98. The number of aromatic nitrogens is 3. The molecule has 0 spiro atoms. The van der Waals surface area contributed by atoms with Crippen LogP contribution in [0.1, 0.15) is 16.8 Å². The summed E-state index contributed by atoms with van der Waals surface area (Å²) in [4.78, 5) is 18.6. The van der Waals surface area contributed by atoms with E-state index < -0.39 is 0 Å². The molecule has 0 radical (unpaired) electrons. The summed E-state index contributed by atoms with van der Waals surface area (Å²) in [6.45, 7) is 1.60. The molecule has 0 aliphatic carbocycles. The Labute approximate surface area is 115 Å². The molecule has 1 aromatic carbocycles. The van der Waals surface area contributed by atoms with Gasteiger partial charge in [-0.1, -0.05) is 0 Å². The van der Waals surface area contributed by atoms with E-state index in [1.807, 2.05) is 18.5 Å². The van der Waals surface area contributed by atoms with Crippen LogP contribution in [0, 0.1) is 5.92 Å². The maximum Gasteiger partial charge on any atom is 0.257 e. The van der Waals surface area contributed by atoms with Gasteiger partial charge in [-0.05, 0) is 30.2 Å². The first kappa shape index (κ1) is 11.3. The molecule has 1 atom stereocenters. The Morgan fingerprint density at radius 3 is 3.15 bits per heavy atom. The predicted octanol–water partition coefficient (Wildman–Crippen LogP) is 1.39. The number of H-pyrrole nitrogens is 1. The van der Waals surface area contributed by atoms with Crippen molar-refractivity contribution in [2.45, 2.75) is 6.42 Å². The SMILES string of the molecule is O=C(c1ccc2n[nH]nc2c1)N1C=C2C=NC[C@H]2CC1. The summed E-state index contributed by atoms with van der Waals surface area (Å²) in [5.74, 6) is 0.498. The van der Waals surface area contributed by atoms with Gasteiger partial charge in [-0.2, -0.15) is 15.4 Å². The van der Waals surface area contributed by atoms with Gasteiger partial charge in [0.15, 0.2) is 0 Å². The average Bonchev–Trinajstić information content (AvgIpc) is 3.13. The van der Waals surface area contributed by atoms with Crippen LogP contribution in [0.25, 0.3) is 11.0 Å². The molecule has 0 saturated carbocycles. The molecule has 1 aromatic heterocycles. The number of hydrogen-bond acceptors (Lipinski definition) is 4. The van der Waals surface area contributed by atoms with Crippen molar-refractivity contribution in [1.29, 1.82) is 0 Å². The second-order valence-electron chi connectivity index (χ2n) is 5.13. The Morgan fingerprint density at radius 2 is 2.20 bits per heavy atom. The van der Waals surface area contributed by atoms with E-state index in [9.17, 15) is 4.79 Å². The van der Waals surface area contributed by atoms with Crippen LogP contribution in [0.4, 0.5) is 0 Å². The summed E-state index contributed by atoms with van der Waals surface area (Å²) in [6.07, 6.45) is 4.79. The molecule has 2 aliphatic rings. The van der Waals surface area contributed by atoms with Gasteiger partial charge >= 0.3 is 0 Å². The highest BCUT2D eigenvalue weighted by Crippen LogP contribution is 2.26. The summed E-state index contributed by atoms with van der Waals surface area (Å²) in [6, 6.07) is 5.37. The third-order valence-electron chi connectivity index (χ3n) is 3.89. The van der Waals surface area contributed by atoms with Gasteiger partial charge < -0.3 is 4.90 Å². The van der Waals surface area contributed by atoms with Gasteiger partial charge in [0.25, 0.3) is 5.91 Å². The standard InChI is InChI=1S/C14H13N5O/c20-14(9-1-2-12-13(5-9)17-18-16-12)19-4-3-10-6-15-7-11(10)8-19/h1-2,5,7-8,10H,3-4,6H2,(H,16,17,18)/t10-/m1/s1. The Balaban J connectivity index is 1.66. The fourth-order valence-corrected chi connectivity index (χ4v) is 2.73. The number of nitrogens with one attached hydrogen (secondary N) is 1. The first-order chi connectivity index (χ1) is 9.81. The molecule has 6 nitrogen and oxygen atoms in total. The summed E-state index contributed by atoms with van der Waals surface area (Å²) in [5, 5.41) is 10.6. The van der Waals surface area contributed by atoms with Gasteiger partial charge in [-0.25, -0.2) is 0 Å². The Bertz CT molecular complexity index is 745.